The summed E-state index contributed by atoms with van der Waals surface area (Å²) in [5, 5.41) is 2.11. The molecule has 0 bridgehead atoms. The number of rotatable bonds is 3. The van der Waals surface area contributed by atoms with Crippen LogP contribution >= 0.6 is 0 Å². The van der Waals surface area contributed by atoms with Crippen LogP contribution < -0.4 is 0 Å². The molecule has 0 saturated heterocycles. The van der Waals surface area contributed by atoms with Crippen LogP contribution in [0.1, 0.15) is 29.0 Å². The van der Waals surface area contributed by atoms with Crippen molar-refractivity contribution in [1.29, 1.82) is 0 Å². The molecule has 0 spiro atoms. The Bertz CT molecular complexity index is 1010. The molecule has 0 aromatic heterocycles. The van der Waals surface area contributed by atoms with Crippen LogP contribution in [0, 0.1) is 0 Å². The molecule has 136 valence electrons. The molecule has 0 amide bonds. The Hall–Kier alpha value is -3.14. The summed E-state index contributed by atoms with van der Waals surface area (Å²) in [6.45, 7) is 0. The number of ether oxygens (including phenoxy) is 2. The molecule has 4 heteroatoms. The SMILES string of the molecule is COC(=O)C1(C(=O)OC)CC(c2ccccc2)c2c1ccc1ccccc21. The van der Waals surface area contributed by atoms with Crippen molar-refractivity contribution in [2.45, 2.75) is 17.8 Å². The highest BCUT2D eigenvalue weighted by atomic mass is 16.5. The monoisotopic (exact) mass is 360 g/mol. The standard InChI is InChI=1S/C23H20O4/c1-26-21(24)23(22(25)27-2)14-18(15-8-4-3-5-9-15)20-17-11-7-6-10-16(17)12-13-19(20)23/h3-13,18H,14H2,1-2H3. The van der Waals surface area contributed by atoms with E-state index in [1.807, 2.05) is 66.7 Å². The summed E-state index contributed by atoms with van der Waals surface area (Å²) in [5.74, 6) is -1.26. The Morgan fingerprint density at radius 1 is 0.852 bits per heavy atom. The molecule has 3 aromatic rings. The number of hydrogen-bond donors (Lipinski definition) is 0. The van der Waals surface area contributed by atoms with Crippen molar-refractivity contribution in [2.24, 2.45) is 0 Å². The van der Waals surface area contributed by atoms with Crippen molar-refractivity contribution in [3.05, 3.63) is 83.4 Å². The molecule has 1 aliphatic rings. The van der Waals surface area contributed by atoms with Crippen molar-refractivity contribution in [1.82, 2.24) is 0 Å². The molecule has 3 aromatic carbocycles. The van der Waals surface area contributed by atoms with Gasteiger partial charge < -0.3 is 9.47 Å². The molecule has 4 nitrogen and oxygen atoms in total. The van der Waals surface area contributed by atoms with Gasteiger partial charge in [0.15, 0.2) is 5.41 Å². The van der Waals surface area contributed by atoms with Gasteiger partial charge in [0.25, 0.3) is 0 Å². The van der Waals surface area contributed by atoms with Crippen LogP contribution in [0.5, 0.6) is 0 Å². The lowest BCUT2D eigenvalue weighted by Crippen LogP contribution is -2.43. The summed E-state index contributed by atoms with van der Waals surface area (Å²) < 4.78 is 10.1. The number of carbonyl (C=O) groups is 2. The predicted molar refractivity (Wildman–Crippen MR) is 103 cm³/mol. The highest BCUT2D eigenvalue weighted by molar-refractivity contribution is 6.09. The van der Waals surface area contributed by atoms with Crippen molar-refractivity contribution in [2.75, 3.05) is 14.2 Å². The summed E-state index contributed by atoms with van der Waals surface area (Å²) in [6.07, 6.45) is 0.291. The highest BCUT2D eigenvalue weighted by Crippen LogP contribution is 2.52. The average Bonchev–Trinajstić information content (AvgIpc) is 3.10. The molecule has 0 N–H and O–H groups in total. The van der Waals surface area contributed by atoms with Gasteiger partial charge in [-0.15, -0.1) is 0 Å². The average molecular weight is 360 g/mol. The first-order chi connectivity index (χ1) is 13.1. The summed E-state index contributed by atoms with van der Waals surface area (Å²) in [7, 11) is 2.62. The minimum Gasteiger partial charge on any atom is -0.468 e. The largest absolute Gasteiger partial charge is 0.468 e. The maximum atomic E-state index is 12.9. The van der Waals surface area contributed by atoms with E-state index in [4.69, 9.17) is 9.47 Å². The van der Waals surface area contributed by atoms with Crippen molar-refractivity contribution in [3.8, 4) is 0 Å². The third-order valence-electron chi connectivity index (χ3n) is 5.56. The van der Waals surface area contributed by atoms with Gasteiger partial charge in [-0.25, -0.2) is 0 Å². The van der Waals surface area contributed by atoms with E-state index in [9.17, 15) is 9.59 Å². The minimum absolute atomic E-state index is 0.106. The topological polar surface area (TPSA) is 52.6 Å². The number of carbonyl (C=O) groups excluding carboxylic acids is 2. The quantitative estimate of drug-likeness (QED) is 0.524. The Morgan fingerprint density at radius 2 is 1.48 bits per heavy atom. The van der Waals surface area contributed by atoms with Gasteiger partial charge in [0.05, 0.1) is 14.2 Å². The summed E-state index contributed by atoms with van der Waals surface area (Å²) in [5.41, 5.74) is 1.28. The first-order valence-electron chi connectivity index (χ1n) is 8.87. The maximum absolute atomic E-state index is 12.9. The first-order valence-corrected chi connectivity index (χ1v) is 8.87. The number of benzene rings is 3. The zero-order chi connectivity index (χ0) is 19.0. The van der Waals surface area contributed by atoms with E-state index in [1.165, 1.54) is 14.2 Å². The highest BCUT2D eigenvalue weighted by Gasteiger charge is 2.57. The van der Waals surface area contributed by atoms with Crippen LogP contribution in [0.3, 0.4) is 0 Å². The van der Waals surface area contributed by atoms with Crippen LogP contribution in [0.4, 0.5) is 0 Å². The second-order valence-corrected chi connectivity index (χ2v) is 6.80. The fraction of sp³-hybridized carbons (Fsp3) is 0.217. The van der Waals surface area contributed by atoms with Gasteiger partial charge >= 0.3 is 11.9 Å². The molecule has 0 saturated carbocycles. The number of esters is 2. The fourth-order valence-electron chi connectivity index (χ4n) is 4.35. The number of methoxy groups -OCH3 is 2. The second kappa shape index (κ2) is 6.54. The Balaban J connectivity index is 2.07. The second-order valence-electron chi connectivity index (χ2n) is 6.80. The van der Waals surface area contributed by atoms with Crippen molar-refractivity contribution in [3.63, 3.8) is 0 Å². The third kappa shape index (κ3) is 2.44. The van der Waals surface area contributed by atoms with E-state index in [-0.39, 0.29) is 5.92 Å². The van der Waals surface area contributed by atoms with Crippen LogP contribution in [0.25, 0.3) is 10.8 Å². The lowest BCUT2D eigenvalue weighted by atomic mass is 9.80. The zero-order valence-corrected chi connectivity index (χ0v) is 15.3. The molecule has 1 unspecified atom stereocenters. The molecule has 27 heavy (non-hydrogen) atoms. The van der Waals surface area contributed by atoms with Crippen molar-refractivity contribution < 1.29 is 19.1 Å². The minimum atomic E-state index is -1.45. The van der Waals surface area contributed by atoms with E-state index >= 15 is 0 Å². The molecule has 0 aliphatic heterocycles. The Morgan fingerprint density at radius 3 is 2.15 bits per heavy atom. The normalized spacial score (nSPS) is 17.3. The van der Waals surface area contributed by atoms with Gasteiger partial charge in [0, 0.05) is 5.92 Å². The van der Waals surface area contributed by atoms with E-state index < -0.39 is 17.4 Å². The molecule has 0 fully saturated rings. The van der Waals surface area contributed by atoms with E-state index in [0.29, 0.717) is 12.0 Å². The van der Waals surface area contributed by atoms with E-state index in [2.05, 4.69) is 0 Å². The zero-order valence-electron chi connectivity index (χ0n) is 15.3. The summed E-state index contributed by atoms with van der Waals surface area (Å²) >= 11 is 0. The smallest absolute Gasteiger partial charge is 0.327 e. The Kier molecular flexibility index (Phi) is 4.19. The molecule has 0 radical (unpaired) electrons. The molecule has 1 aliphatic carbocycles. The van der Waals surface area contributed by atoms with Gasteiger partial charge in [-0.3, -0.25) is 9.59 Å². The van der Waals surface area contributed by atoms with Crippen LogP contribution in [-0.4, -0.2) is 26.2 Å². The maximum Gasteiger partial charge on any atom is 0.327 e. The lowest BCUT2D eigenvalue weighted by Gasteiger charge is -2.24. The Labute approximate surface area is 157 Å². The molecular weight excluding hydrogens is 340 g/mol. The van der Waals surface area contributed by atoms with Gasteiger partial charge in [-0.1, -0.05) is 66.7 Å². The van der Waals surface area contributed by atoms with Gasteiger partial charge in [0.1, 0.15) is 0 Å². The van der Waals surface area contributed by atoms with Crippen LogP contribution in [-0.2, 0) is 24.5 Å². The van der Waals surface area contributed by atoms with Gasteiger partial charge in [0.2, 0.25) is 0 Å². The summed E-state index contributed by atoms with van der Waals surface area (Å²) in [4.78, 5) is 25.8. The molecular formula is C23H20O4. The lowest BCUT2D eigenvalue weighted by molar-refractivity contribution is -0.162. The summed E-state index contributed by atoms with van der Waals surface area (Å²) in [6, 6.07) is 21.8. The molecule has 0 heterocycles. The van der Waals surface area contributed by atoms with Crippen LogP contribution in [0.2, 0.25) is 0 Å². The predicted octanol–water partition coefficient (Wildman–Crippen LogP) is 3.96. The first kappa shape index (κ1) is 17.3. The fourth-order valence-corrected chi connectivity index (χ4v) is 4.35. The van der Waals surface area contributed by atoms with Crippen LogP contribution in [0.15, 0.2) is 66.7 Å². The third-order valence-corrected chi connectivity index (χ3v) is 5.56. The van der Waals surface area contributed by atoms with Crippen molar-refractivity contribution >= 4 is 22.7 Å². The molecule has 1 atom stereocenters. The van der Waals surface area contributed by atoms with Gasteiger partial charge in [-0.05, 0) is 33.9 Å². The van der Waals surface area contributed by atoms with E-state index in [1.54, 1.807) is 0 Å². The molecule has 4 rings (SSSR count). The van der Waals surface area contributed by atoms with E-state index in [0.717, 1.165) is 21.9 Å². The van der Waals surface area contributed by atoms with Gasteiger partial charge in [-0.2, -0.15) is 0 Å². The number of fused-ring (bicyclic) bond motifs is 3. The number of hydrogen-bond acceptors (Lipinski definition) is 4.